The fraction of sp³-hybridized carbons (Fsp3) is 0.824. The van der Waals surface area contributed by atoms with E-state index >= 15 is 0 Å². The van der Waals surface area contributed by atoms with Gasteiger partial charge in [0.05, 0.1) is 13.2 Å². The molecule has 0 saturated heterocycles. The lowest BCUT2D eigenvalue weighted by atomic mass is 9.85. The molecule has 1 fully saturated rings. The van der Waals surface area contributed by atoms with Gasteiger partial charge in [-0.05, 0) is 77.0 Å². The first-order valence-electron chi connectivity index (χ1n) is 25.5. The molecule has 0 aromatic carbocycles. The third-order valence-electron chi connectivity index (χ3n) is 11.7. The van der Waals surface area contributed by atoms with Crippen LogP contribution in [0.3, 0.4) is 0 Å². The minimum Gasteiger partial charge on any atom is -0.457 e. The van der Waals surface area contributed by atoms with E-state index in [-0.39, 0.29) is 13.0 Å². The monoisotopic (exact) mass is 929 g/mol. The highest BCUT2D eigenvalue weighted by Crippen LogP contribution is 2.47. The van der Waals surface area contributed by atoms with Gasteiger partial charge in [-0.1, -0.05) is 172 Å². The number of unbranched alkanes of at least 4 members (excludes halogenated alkanes) is 23. The van der Waals surface area contributed by atoms with Crippen molar-refractivity contribution in [3.8, 4) is 0 Å². The van der Waals surface area contributed by atoms with E-state index in [0.29, 0.717) is 13.0 Å². The maximum Gasteiger partial charge on any atom is 0.472 e. The van der Waals surface area contributed by atoms with E-state index < -0.39 is 63.1 Å². The van der Waals surface area contributed by atoms with Crippen LogP contribution in [0, 0.1) is 0 Å². The van der Waals surface area contributed by atoms with Gasteiger partial charge in [0.2, 0.25) is 0 Å². The summed E-state index contributed by atoms with van der Waals surface area (Å²) >= 11 is 0. The lowest BCUT2D eigenvalue weighted by Crippen LogP contribution is -2.64. The van der Waals surface area contributed by atoms with Crippen molar-refractivity contribution < 1.29 is 58.3 Å². The molecule has 1 aliphatic carbocycles. The molecule has 12 nitrogen and oxygen atoms in total. The van der Waals surface area contributed by atoms with Crippen molar-refractivity contribution >= 4 is 13.8 Å². The number of aliphatic hydroxyl groups excluding tert-OH is 5. The van der Waals surface area contributed by atoms with Crippen LogP contribution in [-0.4, -0.2) is 98.9 Å². The number of hydrogen-bond donors (Lipinski definition) is 6. The van der Waals surface area contributed by atoms with Crippen molar-refractivity contribution in [3.63, 3.8) is 0 Å². The van der Waals surface area contributed by atoms with Gasteiger partial charge in [0.25, 0.3) is 0 Å². The van der Waals surface area contributed by atoms with Crippen molar-refractivity contribution in [1.82, 2.24) is 0 Å². The Hall–Kier alpha value is -1.70. The number of esters is 1. The molecule has 374 valence electrons. The number of aliphatic hydroxyl groups is 5. The number of rotatable bonds is 43. The third kappa shape index (κ3) is 32.9. The Morgan fingerprint density at radius 3 is 1.31 bits per heavy atom. The second-order valence-electron chi connectivity index (χ2n) is 17.7. The molecule has 1 saturated carbocycles. The number of phosphoric acid groups is 1. The molecule has 1 aliphatic rings. The summed E-state index contributed by atoms with van der Waals surface area (Å²) in [7, 11) is -5.03. The van der Waals surface area contributed by atoms with Crippen LogP contribution in [0.5, 0.6) is 0 Å². The highest BCUT2D eigenvalue weighted by Gasteiger charge is 2.51. The smallest absolute Gasteiger partial charge is 0.457 e. The molecule has 6 atom stereocenters. The van der Waals surface area contributed by atoms with Crippen LogP contribution in [0.4, 0.5) is 0 Å². The molecule has 0 radical (unpaired) electrons. The van der Waals surface area contributed by atoms with Gasteiger partial charge in [-0.15, -0.1) is 0 Å². The van der Waals surface area contributed by atoms with Gasteiger partial charge in [0, 0.05) is 13.0 Å². The molecule has 6 N–H and O–H groups in total. The Bertz CT molecular complexity index is 1240. The minimum atomic E-state index is -5.03. The Morgan fingerprint density at radius 2 is 0.875 bits per heavy atom. The van der Waals surface area contributed by atoms with Crippen molar-refractivity contribution in [1.29, 1.82) is 0 Å². The quantitative estimate of drug-likeness (QED) is 0.0147. The van der Waals surface area contributed by atoms with Gasteiger partial charge in [-0.3, -0.25) is 13.8 Å². The topological polar surface area (TPSA) is 192 Å². The molecule has 0 amide bonds. The van der Waals surface area contributed by atoms with Gasteiger partial charge < -0.3 is 39.9 Å². The van der Waals surface area contributed by atoms with Crippen molar-refractivity contribution in [2.45, 2.75) is 249 Å². The summed E-state index contributed by atoms with van der Waals surface area (Å²) in [4.78, 5) is 23.2. The summed E-state index contributed by atoms with van der Waals surface area (Å²) in [6.45, 7) is 4.21. The molecule has 0 aromatic heterocycles. The molecule has 1 rings (SSSR count). The zero-order valence-electron chi connectivity index (χ0n) is 40.1. The summed E-state index contributed by atoms with van der Waals surface area (Å²) < 4.78 is 34.3. The van der Waals surface area contributed by atoms with E-state index in [1.165, 1.54) is 109 Å². The zero-order valence-corrected chi connectivity index (χ0v) is 41.0. The first kappa shape index (κ1) is 60.3. The fourth-order valence-electron chi connectivity index (χ4n) is 7.59. The van der Waals surface area contributed by atoms with Crippen molar-refractivity contribution in [3.05, 3.63) is 48.6 Å². The highest BCUT2D eigenvalue weighted by molar-refractivity contribution is 7.47. The average molecular weight is 929 g/mol. The van der Waals surface area contributed by atoms with Gasteiger partial charge >= 0.3 is 13.8 Å². The minimum absolute atomic E-state index is 0.0828. The number of carbonyl (C=O) groups is 1. The van der Waals surface area contributed by atoms with Gasteiger partial charge in [0.1, 0.15) is 42.7 Å². The molecule has 0 heterocycles. The molecule has 0 aromatic rings. The van der Waals surface area contributed by atoms with Gasteiger partial charge in [-0.25, -0.2) is 4.57 Å². The SMILES string of the molecule is CCCCC/C=C\C/C=C\CCCCCCCCCCCC(=O)OC(COCCCCCCCCCC/C=C\C/C=C\CCCCC)COP(=O)(O)OC1C(O)C(O)C(O)C(O)C1O. The molecule has 13 heteroatoms. The predicted octanol–water partition coefficient (Wildman–Crippen LogP) is 11.2. The molecule has 0 aliphatic heterocycles. The number of carbonyl (C=O) groups excluding carboxylic acids is 1. The molecular weight excluding hydrogens is 836 g/mol. The van der Waals surface area contributed by atoms with Gasteiger partial charge in [0.15, 0.2) is 0 Å². The van der Waals surface area contributed by atoms with Crippen LogP contribution in [0.2, 0.25) is 0 Å². The Balaban J connectivity index is 2.36. The van der Waals surface area contributed by atoms with Crippen LogP contribution >= 0.6 is 7.82 Å². The van der Waals surface area contributed by atoms with Crippen LogP contribution in [0.25, 0.3) is 0 Å². The van der Waals surface area contributed by atoms with Crippen LogP contribution in [0.15, 0.2) is 48.6 Å². The molecule has 64 heavy (non-hydrogen) atoms. The standard InChI is InChI=1S/C51H93O12P/c1-3-5-7-9-11-13-15-17-19-21-23-24-26-28-30-32-34-36-38-40-45(52)62-44(43-61-64(58,59)63-51-49(56)47(54)46(53)48(55)50(51)57)42-60-41-39-37-35-33-31-29-27-25-22-20-18-16-14-12-10-8-6-4-2/h11-14,17-20,44,46-51,53-57H,3-10,15-16,21-43H2,1-2H3,(H,58,59)/b13-11-,14-12-,19-17-,20-18-. The number of allylic oxidation sites excluding steroid dienone is 8. The maximum absolute atomic E-state index is 12.8. The Labute approximate surface area is 388 Å². The van der Waals surface area contributed by atoms with E-state index in [1.807, 2.05) is 0 Å². The average Bonchev–Trinajstić information content (AvgIpc) is 3.28. The van der Waals surface area contributed by atoms with E-state index in [2.05, 4.69) is 62.5 Å². The molecule has 6 unspecified atom stereocenters. The zero-order chi connectivity index (χ0) is 46.9. The number of ether oxygens (including phenoxy) is 2. The Morgan fingerprint density at radius 1 is 0.500 bits per heavy atom. The second kappa shape index (κ2) is 41.5. The first-order valence-corrected chi connectivity index (χ1v) is 27.0. The second-order valence-corrected chi connectivity index (χ2v) is 19.1. The third-order valence-corrected chi connectivity index (χ3v) is 12.7. The normalized spacial score (nSPS) is 22.1. The maximum atomic E-state index is 12.8. The van der Waals surface area contributed by atoms with E-state index in [4.69, 9.17) is 18.5 Å². The summed E-state index contributed by atoms with van der Waals surface area (Å²) in [5.41, 5.74) is 0. The number of hydrogen-bond acceptors (Lipinski definition) is 11. The highest BCUT2D eigenvalue weighted by atomic mass is 31.2. The largest absolute Gasteiger partial charge is 0.472 e. The molecular formula is C51H93O12P. The number of phosphoric ester groups is 1. The van der Waals surface area contributed by atoms with Crippen molar-refractivity contribution in [2.75, 3.05) is 19.8 Å². The van der Waals surface area contributed by atoms with Crippen molar-refractivity contribution in [2.24, 2.45) is 0 Å². The Kier molecular flexibility index (Phi) is 39.1. The van der Waals surface area contributed by atoms with Crippen LogP contribution < -0.4 is 0 Å². The predicted molar refractivity (Wildman–Crippen MR) is 258 cm³/mol. The first-order chi connectivity index (χ1) is 31.0. The molecule has 0 spiro atoms. The molecule has 0 bridgehead atoms. The van der Waals surface area contributed by atoms with E-state index in [9.17, 15) is 39.8 Å². The summed E-state index contributed by atoms with van der Waals surface area (Å²) in [6, 6.07) is 0. The van der Waals surface area contributed by atoms with Gasteiger partial charge in [-0.2, -0.15) is 0 Å². The lowest BCUT2D eigenvalue weighted by molar-refractivity contribution is -0.220. The van der Waals surface area contributed by atoms with E-state index in [0.717, 1.165) is 70.6 Å². The van der Waals surface area contributed by atoms with Crippen LogP contribution in [-0.2, 0) is 27.9 Å². The fourth-order valence-corrected chi connectivity index (χ4v) is 8.57. The van der Waals surface area contributed by atoms with Crippen LogP contribution in [0.1, 0.15) is 206 Å². The van der Waals surface area contributed by atoms with E-state index in [1.54, 1.807) is 0 Å². The summed E-state index contributed by atoms with van der Waals surface area (Å²) in [5.74, 6) is -0.484. The summed E-state index contributed by atoms with van der Waals surface area (Å²) in [6.07, 6.45) is 38.8. The lowest BCUT2D eigenvalue weighted by Gasteiger charge is -2.41. The summed E-state index contributed by atoms with van der Waals surface area (Å²) in [5, 5.41) is 50.3.